The van der Waals surface area contributed by atoms with Crippen molar-refractivity contribution in [3.05, 3.63) is 59.7 Å². The Balaban J connectivity index is 2.09. The van der Waals surface area contributed by atoms with E-state index in [1.807, 2.05) is 0 Å². The van der Waals surface area contributed by atoms with Crippen LogP contribution in [0, 0.1) is 5.82 Å². The number of carbonyl (C=O) groups excluding carboxylic acids is 1. The fourth-order valence-corrected chi connectivity index (χ4v) is 1.90. The Labute approximate surface area is 121 Å². The highest BCUT2D eigenvalue weighted by molar-refractivity contribution is 5.94. The summed E-state index contributed by atoms with van der Waals surface area (Å²) in [5.74, 6) is -1.62. The van der Waals surface area contributed by atoms with Crippen LogP contribution in [0.15, 0.2) is 42.7 Å². The van der Waals surface area contributed by atoms with E-state index >= 15 is 0 Å². The highest BCUT2D eigenvalue weighted by Gasteiger charge is 2.19. The van der Waals surface area contributed by atoms with E-state index < -0.39 is 17.8 Å². The molecule has 1 heterocycles. The SMILES string of the molecule is CN(CC(O)c1cccnc1)C(=O)c1ccc(O)cc1F. The van der Waals surface area contributed by atoms with Gasteiger partial charge in [-0.3, -0.25) is 9.78 Å². The molecule has 1 aromatic heterocycles. The first-order chi connectivity index (χ1) is 9.99. The van der Waals surface area contributed by atoms with Crippen LogP contribution in [0.3, 0.4) is 0 Å². The highest BCUT2D eigenvalue weighted by atomic mass is 19.1. The lowest BCUT2D eigenvalue weighted by atomic mass is 10.1. The van der Waals surface area contributed by atoms with Crippen LogP contribution in [-0.2, 0) is 0 Å². The zero-order valence-corrected chi connectivity index (χ0v) is 11.4. The molecule has 0 aliphatic rings. The van der Waals surface area contributed by atoms with Crippen molar-refractivity contribution in [2.75, 3.05) is 13.6 Å². The normalized spacial score (nSPS) is 12.0. The molecule has 0 spiro atoms. The van der Waals surface area contributed by atoms with Crippen molar-refractivity contribution in [3.63, 3.8) is 0 Å². The van der Waals surface area contributed by atoms with E-state index in [2.05, 4.69) is 4.98 Å². The first kappa shape index (κ1) is 14.9. The molecule has 0 aliphatic heterocycles. The molecular formula is C15H15FN2O3. The Morgan fingerprint density at radius 1 is 1.43 bits per heavy atom. The molecule has 0 bridgehead atoms. The van der Waals surface area contributed by atoms with Crippen LogP contribution in [0.4, 0.5) is 4.39 Å². The van der Waals surface area contributed by atoms with Crippen LogP contribution < -0.4 is 0 Å². The van der Waals surface area contributed by atoms with Crippen molar-refractivity contribution < 1.29 is 19.4 Å². The van der Waals surface area contributed by atoms with Crippen LogP contribution in [0.1, 0.15) is 22.0 Å². The van der Waals surface area contributed by atoms with Gasteiger partial charge < -0.3 is 15.1 Å². The van der Waals surface area contributed by atoms with Gasteiger partial charge in [0.2, 0.25) is 0 Å². The Bertz CT molecular complexity index is 634. The lowest BCUT2D eigenvalue weighted by molar-refractivity contribution is 0.0676. The van der Waals surface area contributed by atoms with Crippen molar-refractivity contribution in [1.82, 2.24) is 9.88 Å². The van der Waals surface area contributed by atoms with Crippen molar-refractivity contribution in [2.45, 2.75) is 6.10 Å². The van der Waals surface area contributed by atoms with Crippen molar-refractivity contribution in [3.8, 4) is 5.75 Å². The van der Waals surface area contributed by atoms with E-state index in [4.69, 9.17) is 5.11 Å². The maximum absolute atomic E-state index is 13.6. The summed E-state index contributed by atoms with van der Waals surface area (Å²) < 4.78 is 13.6. The number of aliphatic hydroxyl groups is 1. The number of amides is 1. The minimum atomic E-state index is -0.909. The number of halogens is 1. The highest BCUT2D eigenvalue weighted by Crippen LogP contribution is 2.18. The van der Waals surface area contributed by atoms with E-state index in [9.17, 15) is 14.3 Å². The van der Waals surface area contributed by atoms with Crippen molar-refractivity contribution in [1.29, 1.82) is 0 Å². The van der Waals surface area contributed by atoms with Gasteiger partial charge >= 0.3 is 0 Å². The van der Waals surface area contributed by atoms with E-state index in [0.717, 1.165) is 6.07 Å². The van der Waals surface area contributed by atoms with Crippen LogP contribution >= 0.6 is 0 Å². The van der Waals surface area contributed by atoms with Gasteiger partial charge in [0.1, 0.15) is 11.6 Å². The number of aliphatic hydroxyl groups excluding tert-OH is 1. The number of benzene rings is 1. The second-order valence-corrected chi connectivity index (χ2v) is 4.65. The number of aromatic hydroxyl groups is 1. The van der Waals surface area contributed by atoms with E-state index in [-0.39, 0.29) is 17.9 Å². The monoisotopic (exact) mass is 290 g/mol. The first-order valence-corrected chi connectivity index (χ1v) is 6.31. The standard InChI is InChI=1S/C15H15FN2O3/c1-18(9-14(20)10-3-2-6-17-8-10)15(21)12-5-4-11(19)7-13(12)16/h2-8,14,19-20H,9H2,1H3. The molecule has 1 atom stereocenters. The fraction of sp³-hybridized carbons (Fsp3) is 0.200. The van der Waals surface area contributed by atoms with Gasteiger partial charge in [-0.25, -0.2) is 4.39 Å². The third kappa shape index (κ3) is 3.55. The number of hydrogen-bond donors (Lipinski definition) is 2. The van der Waals surface area contributed by atoms with E-state index in [0.29, 0.717) is 5.56 Å². The molecule has 0 saturated heterocycles. The molecule has 0 fully saturated rings. The Morgan fingerprint density at radius 2 is 2.19 bits per heavy atom. The zero-order valence-electron chi connectivity index (χ0n) is 11.4. The lowest BCUT2D eigenvalue weighted by Crippen LogP contribution is -2.31. The van der Waals surface area contributed by atoms with E-state index in [1.54, 1.807) is 18.3 Å². The largest absolute Gasteiger partial charge is 0.508 e. The number of phenols is 1. The third-order valence-electron chi connectivity index (χ3n) is 3.05. The maximum Gasteiger partial charge on any atom is 0.256 e. The van der Waals surface area contributed by atoms with Gasteiger partial charge in [0, 0.05) is 31.1 Å². The molecule has 6 heteroatoms. The predicted molar refractivity (Wildman–Crippen MR) is 74.2 cm³/mol. The number of rotatable bonds is 4. The van der Waals surface area contributed by atoms with Crippen molar-refractivity contribution >= 4 is 5.91 Å². The zero-order chi connectivity index (χ0) is 15.4. The van der Waals surface area contributed by atoms with Gasteiger partial charge in [-0.05, 0) is 18.2 Å². The number of phenolic OH excluding ortho intramolecular Hbond substituents is 1. The molecule has 2 N–H and O–H groups in total. The van der Waals surface area contributed by atoms with Crippen molar-refractivity contribution in [2.24, 2.45) is 0 Å². The first-order valence-electron chi connectivity index (χ1n) is 6.31. The van der Waals surface area contributed by atoms with Gasteiger partial charge in [-0.2, -0.15) is 0 Å². The summed E-state index contributed by atoms with van der Waals surface area (Å²) in [4.78, 5) is 17.2. The molecule has 110 valence electrons. The number of likely N-dealkylation sites (N-methyl/N-ethyl adjacent to an activating group) is 1. The van der Waals surface area contributed by atoms with Gasteiger partial charge in [0.15, 0.2) is 0 Å². The molecule has 0 radical (unpaired) electrons. The Hall–Kier alpha value is -2.47. The number of nitrogens with zero attached hydrogens (tertiary/aromatic N) is 2. The number of hydrogen-bond acceptors (Lipinski definition) is 4. The summed E-state index contributed by atoms with van der Waals surface area (Å²) in [6.07, 6.45) is 2.17. The minimum absolute atomic E-state index is 0.00480. The van der Waals surface area contributed by atoms with Gasteiger partial charge in [0.25, 0.3) is 5.91 Å². The molecule has 21 heavy (non-hydrogen) atoms. The third-order valence-corrected chi connectivity index (χ3v) is 3.05. The second kappa shape index (κ2) is 6.32. The smallest absolute Gasteiger partial charge is 0.256 e. The van der Waals surface area contributed by atoms with Crippen LogP contribution in [0.2, 0.25) is 0 Å². The summed E-state index contributed by atoms with van der Waals surface area (Å²) in [6.45, 7) is 0.00480. The molecule has 1 unspecified atom stereocenters. The predicted octanol–water partition coefficient (Wildman–Crippen LogP) is 1.73. The van der Waals surface area contributed by atoms with Gasteiger partial charge in [0.05, 0.1) is 18.2 Å². The van der Waals surface area contributed by atoms with Gasteiger partial charge in [-0.15, -0.1) is 0 Å². The summed E-state index contributed by atoms with van der Waals surface area (Å²) >= 11 is 0. The minimum Gasteiger partial charge on any atom is -0.508 e. The van der Waals surface area contributed by atoms with Crippen LogP contribution in [0.5, 0.6) is 5.75 Å². The molecule has 0 aliphatic carbocycles. The Kier molecular flexibility index (Phi) is 4.49. The van der Waals surface area contributed by atoms with Crippen LogP contribution in [0.25, 0.3) is 0 Å². The topological polar surface area (TPSA) is 73.7 Å². The Morgan fingerprint density at radius 3 is 2.81 bits per heavy atom. The quantitative estimate of drug-likeness (QED) is 0.899. The summed E-state index contributed by atoms with van der Waals surface area (Å²) in [5, 5.41) is 19.2. The molecule has 2 aromatic rings. The molecule has 1 aromatic carbocycles. The molecule has 1 amide bonds. The molecule has 5 nitrogen and oxygen atoms in total. The fourth-order valence-electron chi connectivity index (χ4n) is 1.90. The number of aromatic nitrogens is 1. The average molecular weight is 290 g/mol. The number of pyridine rings is 1. The van der Waals surface area contributed by atoms with Gasteiger partial charge in [-0.1, -0.05) is 6.07 Å². The molecular weight excluding hydrogens is 275 g/mol. The van der Waals surface area contributed by atoms with E-state index in [1.165, 1.54) is 30.3 Å². The maximum atomic E-state index is 13.6. The molecule has 2 rings (SSSR count). The van der Waals surface area contributed by atoms with Crippen LogP contribution in [-0.4, -0.2) is 39.6 Å². The summed E-state index contributed by atoms with van der Waals surface area (Å²) in [7, 11) is 1.47. The lowest BCUT2D eigenvalue weighted by Gasteiger charge is -2.21. The summed E-state index contributed by atoms with van der Waals surface area (Å²) in [6, 6.07) is 6.69. The average Bonchev–Trinajstić information content (AvgIpc) is 2.47. The number of carbonyl (C=O) groups is 1. The summed E-state index contributed by atoms with van der Waals surface area (Å²) in [5.41, 5.74) is 0.414. The second-order valence-electron chi connectivity index (χ2n) is 4.65. The molecule has 0 saturated carbocycles.